The van der Waals surface area contributed by atoms with Crippen molar-refractivity contribution in [1.29, 1.82) is 0 Å². The predicted molar refractivity (Wildman–Crippen MR) is 85.6 cm³/mol. The molecule has 1 aromatic heterocycles. The van der Waals surface area contributed by atoms with Crippen LogP contribution in [0.3, 0.4) is 0 Å². The van der Waals surface area contributed by atoms with Crippen molar-refractivity contribution in [3.05, 3.63) is 47.7 Å². The number of urea groups is 1. The molecule has 0 unspecified atom stereocenters. The monoisotopic (exact) mass is 302 g/mol. The summed E-state index contributed by atoms with van der Waals surface area (Å²) in [6.07, 6.45) is 1.28. The van der Waals surface area contributed by atoms with Crippen LogP contribution in [0, 0.1) is 0 Å². The van der Waals surface area contributed by atoms with Gasteiger partial charge in [-0.25, -0.2) is 4.79 Å². The molecule has 1 heterocycles. The molecule has 22 heavy (non-hydrogen) atoms. The zero-order chi connectivity index (χ0) is 15.9. The minimum Gasteiger partial charge on any atom is -0.396 e. The van der Waals surface area contributed by atoms with E-state index in [0.717, 1.165) is 17.7 Å². The number of anilines is 1. The predicted octanol–water partition coefficient (Wildman–Crippen LogP) is 2.23. The number of amides is 2. The van der Waals surface area contributed by atoms with E-state index in [-0.39, 0.29) is 18.7 Å². The topological polar surface area (TPSA) is 79.2 Å². The lowest BCUT2D eigenvalue weighted by molar-refractivity contribution is 0.239. The average Bonchev–Trinajstić information content (AvgIpc) is 2.88. The number of aromatic nitrogens is 2. The third-order valence-electron chi connectivity index (χ3n) is 3.46. The first kappa shape index (κ1) is 16.0. The Hall–Kier alpha value is -2.34. The Morgan fingerprint density at radius 1 is 1.36 bits per heavy atom. The molecule has 118 valence electrons. The minimum absolute atomic E-state index is 0.00549. The normalized spacial score (nSPS) is 12.0. The van der Waals surface area contributed by atoms with E-state index in [1.165, 1.54) is 0 Å². The first-order valence-corrected chi connectivity index (χ1v) is 7.40. The van der Waals surface area contributed by atoms with Crippen LogP contribution in [0.25, 0.3) is 0 Å². The molecule has 1 aromatic carbocycles. The maximum atomic E-state index is 12.2. The van der Waals surface area contributed by atoms with Crippen LogP contribution in [0.4, 0.5) is 10.6 Å². The van der Waals surface area contributed by atoms with Crippen LogP contribution < -0.4 is 10.6 Å². The van der Waals surface area contributed by atoms with Gasteiger partial charge in [0, 0.05) is 19.7 Å². The van der Waals surface area contributed by atoms with E-state index in [1.54, 1.807) is 11.7 Å². The van der Waals surface area contributed by atoms with Crippen molar-refractivity contribution < 1.29 is 9.90 Å². The van der Waals surface area contributed by atoms with Gasteiger partial charge in [-0.05, 0) is 18.4 Å². The fraction of sp³-hybridized carbons (Fsp3) is 0.375. The highest BCUT2D eigenvalue weighted by molar-refractivity contribution is 5.88. The zero-order valence-electron chi connectivity index (χ0n) is 12.9. The summed E-state index contributed by atoms with van der Waals surface area (Å²) in [4.78, 5) is 12.2. The number of nitrogens with one attached hydrogen (secondary N) is 2. The summed E-state index contributed by atoms with van der Waals surface area (Å²) < 4.78 is 1.64. The smallest absolute Gasteiger partial charge is 0.320 e. The Kier molecular flexibility index (Phi) is 5.55. The van der Waals surface area contributed by atoms with Gasteiger partial charge in [-0.1, -0.05) is 37.3 Å². The van der Waals surface area contributed by atoms with E-state index in [1.807, 2.05) is 43.3 Å². The maximum Gasteiger partial charge on any atom is 0.320 e. The first-order chi connectivity index (χ1) is 10.6. The molecule has 0 radical (unpaired) electrons. The summed E-state index contributed by atoms with van der Waals surface area (Å²) in [7, 11) is 1.79. The number of aliphatic hydroxyl groups excluding tert-OH is 1. The fourth-order valence-electron chi connectivity index (χ4n) is 2.26. The van der Waals surface area contributed by atoms with Gasteiger partial charge < -0.3 is 10.4 Å². The molecule has 0 aliphatic rings. The summed E-state index contributed by atoms with van der Waals surface area (Å²) >= 11 is 0. The molecular weight excluding hydrogens is 280 g/mol. The third kappa shape index (κ3) is 4.08. The molecule has 6 heteroatoms. The van der Waals surface area contributed by atoms with Crippen molar-refractivity contribution in [2.45, 2.75) is 25.8 Å². The molecule has 3 N–H and O–H groups in total. The number of aryl methyl sites for hydroxylation is 2. The molecule has 0 aliphatic heterocycles. The molecule has 0 aliphatic carbocycles. The quantitative estimate of drug-likeness (QED) is 0.765. The molecule has 0 saturated carbocycles. The number of rotatable bonds is 6. The Morgan fingerprint density at radius 3 is 2.68 bits per heavy atom. The summed E-state index contributed by atoms with van der Waals surface area (Å²) in [6, 6.07) is 10.9. The van der Waals surface area contributed by atoms with Gasteiger partial charge in [0.25, 0.3) is 0 Å². The van der Waals surface area contributed by atoms with Gasteiger partial charge in [0.2, 0.25) is 0 Å². The molecule has 0 fully saturated rings. The van der Waals surface area contributed by atoms with Crippen molar-refractivity contribution in [3.8, 4) is 0 Å². The lowest BCUT2D eigenvalue weighted by Crippen LogP contribution is -2.33. The van der Waals surface area contributed by atoms with Crippen molar-refractivity contribution >= 4 is 11.8 Å². The highest BCUT2D eigenvalue weighted by Gasteiger charge is 2.15. The van der Waals surface area contributed by atoms with E-state index in [4.69, 9.17) is 0 Å². The number of hydrogen-bond donors (Lipinski definition) is 3. The molecule has 6 nitrogen and oxygen atoms in total. The minimum atomic E-state index is -0.312. The summed E-state index contributed by atoms with van der Waals surface area (Å²) in [5.41, 5.74) is 1.89. The Morgan fingerprint density at radius 2 is 2.09 bits per heavy atom. The van der Waals surface area contributed by atoms with Crippen molar-refractivity contribution in [2.24, 2.45) is 7.05 Å². The molecule has 1 atom stereocenters. The number of nitrogens with zero attached hydrogens (tertiary/aromatic N) is 2. The number of benzene rings is 1. The molecule has 2 rings (SSSR count). The van der Waals surface area contributed by atoms with Gasteiger partial charge in [0.1, 0.15) is 5.82 Å². The van der Waals surface area contributed by atoms with Crippen LogP contribution in [0.1, 0.15) is 30.6 Å². The Balaban J connectivity index is 2.03. The SMILES string of the molecule is CCc1cc(NC(=O)N[C@H](CCO)c2ccccc2)n(C)n1. The van der Waals surface area contributed by atoms with E-state index in [9.17, 15) is 9.90 Å². The lowest BCUT2D eigenvalue weighted by Gasteiger charge is -2.18. The molecular formula is C16H22N4O2. The lowest BCUT2D eigenvalue weighted by atomic mass is 10.0. The van der Waals surface area contributed by atoms with Gasteiger partial charge in [-0.15, -0.1) is 0 Å². The van der Waals surface area contributed by atoms with Crippen LogP contribution in [0.2, 0.25) is 0 Å². The van der Waals surface area contributed by atoms with Crippen LogP contribution in [0.5, 0.6) is 0 Å². The van der Waals surface area contributed by atoms with E-state index in [2.05, 4.69) is 15.7 Å². The van der Waals surface area contributed by atoms with Crippen LogP contribution in [0.15, 0.2) is 36.4 Å². The maximum absolute atomic E-state index is 12.2. The number of carbonyl (C=O) groups excluding carboxylic acids is 1. The van der Waals surface area contributed by atoms with Gasteiger partial charge in [-0.3, -0.25) is 10.00 Å². The summed E-state index contributed by atoms with van der Waals surface area (Å²) in [5, 5.41) is 19.2. The molecule has 2 amide bonds. The zero-order valence-corrected chi connectivity index (χ0v) is 12.9. The van der Waals surface area contributed by atoms with Gasteiger partial charge in [0.05, 0.1) is 11.7 Å². The first-order valence-electron chi connectivity index (χ1n) is 7.40. The standard InChI is InChI=1S/C16H22N4O2/c1-3-13-11-15(20(2)19-13)18-16(22)17-14(9-10-21)12-7-5-4-6-8-12/h4-8,11,14,21H,3,9-10H2,1-2H3,(H2,17,18,22)/t14-/m1/s1. The van der Waals surface area contributed by atoms with Crippen molar-refractivity contribution in [1.82, 2.24) is 15.1 Å². The Labute approximate surface area is 130 Å². The van der Waals surface area contributed by atoms with Crippen molar-refractivity contribution in [3.63, 3.8) is 0 Å². The Bertz CT molecular complexity index is 610. The van der Waals surface area contributed by atoms with E-state index in [0.29, 0.717) is 12.2 Å². The van der Waals surface area contributed by atoms with E-state index < -0.39 is 0 Å². The number of carbonyl (C=O) groups is 1. The highest BCUT2D eigenvalue weighted by atomic mass is 16.3. The summed E-state index contributed by atoms with van der Waals surface area (Å²) in [5.74, 6) is 0.644. The number of aliphatic hydroxyl groups is 1. The molecule has 2 aromatic rings. The van der Waals surface area contributed by atoms with Crippen LogP contribution in [-0.2, 0) is 13.5 Å². The second-order valence-corrected chi connectivity index (χ2v) is 5.07. The van der Waals surface area contributed by atoms with Gasteiger partial charge in [0.15, 0.2) is 0 Å². The van der Waals surface area contributed by atoms with Gasteiger partial charge in [-0.2, -0.15) is 5.10 Å². The molecule has 0 saturated heterocycles. The number of hydrogen-bond acceptors (Lipinski definition) is 3. The largest absolute Gasteiger partial charge is 0.396 e. The highest BCUT2D eigenvalue weighted by Crippen LogP contribution is 2.16. The summed E-state index contributed by atoms with van der Waals surface area (Å²) in [6.45, 7) is 2.02. The van der Waals surface area contributed by atoms with Crippen LogP contribution in [-0.4, -0.2) is 27.5 Å². The fourth-order valence-corrected chi connectivity index (χ4v) is 2.26. The average molecular weight is 302 g/mol. The molecule has 0 spiro atoms. The second kappa shape index (κ2) is 7.61. The third-order valence-corrected chi connectivity index (χ3v) is 3.46. The second-order valence-electron chi connectivity index (χ2n) is 5.07. The van der Waals surface area contributed by atoms with E-state index >= 15 is 0 Å². The van der Waals surface area contributed by atoms with Crippen molar-refractivity contribution in [2.75, 3.05) is 11.9 Å². The van der Waals surface area contributed by atoms with Crippen LogP contribution >= 0.6 is 0 Å². The molecule has 0 bridgehead atoms. The van der Waals surface area contributed by atoms with Gasteiger partial charge >= 0.3 is 6.03 Å².